The van der Waals surface area contributed by atoms with E-state index in [2.05, 4.69) is 46.1 Å². The lowest BCUT2D eigenvalue weighted by molar-refractivity contribution is 0.609. The highest BCUT2D eigenvalue weighted by Crippen LogP contribution is 2.35. The maximum absolute atomic E-state index is 4.36. The van der Waals surface area contributed by atoms with Crippen LogP contribution in [0.5, 0.6) is 0 Å². The Balaban J connectivity index is 1.72. The highest BCUT2D eigenvalue weighted by atomic mass is 32.1. The van der Waals surface area contributed by atoms with Crippen LogP contribution in [0.3, 0.4) is 0 Å². The molecule has 1 aliphatic rings. The van der Waals surface area contributed by atoms with Crippen LogP contribution in [0.15, 0.2) is 29.8 Å². The minimum absolute atomic E-state index is 0.450. The first-order chi connectivity index (χ1) is 9.86. The van der Waals surface area contributed by atoms with E-state index in [-0.39, 0.29) is 0 Å². The molecule has 1 atom stereocenters. The Labute approximate surface area is 124 Å². The molecular formula is C16H21N3S. The van der Waals surface area contributed by atoms with E-state index in [0.717, 1.165) is 24.5 Å². The summed E-state index contributed by atoms with van der Waals surface area (Å²) in [6, 6.07) is 6.88. The van der Waals surface area contributed by atoms with Crippen molar-refractivity contribution < 1.29 is 0 Å². The number of aromatic nitrogens is 1. The molecule has 0 radical (unpaired) electrons. The van der Waals surface area contributed by atoms with Crippen molar-refractivity contribution in [3.8, 4) is 0 Å². The molecule has 0 spiro atoms. The molecule has 0 bridgehead atoms. The summed E-state index contributed by atoms with van der Waals surface area (Å²) in [5.74, 6) is 0.957. The number of aryl methyl sites for hydroxylation is 1. The van der Waals surface area contributed by atoms with Crippen LogP contribution in [0.25, 0.3) is 0 Å². The normalized spacial score (nSPS) is 17.6. The molecule has 1 aliphatic carbocycles. The van der Waals surface area contributed by atoms with Gasteiger partial charge in [-0.25, -0.2) is 4.98 Å². The Morgan fingerprint density at radius 2 is 2.35 bits per heavy atom. The van der Waals surface area contributed by atoms with Gasteiger partial charge < -0.3 is 10.6 Å². The average Bonchev–Trinajstić information content (AvgIpc) is 2.95. The van der Waals surface area contributed by atoms with Crippen LogP contribution >= 0.6 is 11.3 Å². The second kappa shape index (κ2) is 6.27. The number of nitrogens with zero attached hydrogens (tertiary/aromatic N) is 1. The molecule has 0 amide bonds. The Bertz CT molecular complexity index is 564. The van der Waals surface area contributed by atoms with Crippen molar-refractivity contribution in [2.75, 3.05) is 17.2 Å². The van der Waals surface area contributed by atoms with Crippen molar-refractivity contribution >= 4 is 22.8 Å². The van der Waals surface area contributed by atoms with Gasteiger partial charge in [-0.3, -0.25) is 0 Å². The highest BCUT2D eigenvalue weighted by Gasteiger charge is 2.20. The Morgan fingerprint density at radius 1 is 1.40 bits per heavy atom. The molecule has 3 nitrogen and oxygen atoms in total. The van der Waals surface area contributed by atoms with Gasteiger partial charge in [0.05, 0.1) is 6.04 Å². The first-order valence-corrected chi connectivity index (χ1v) is 8.27. The maximum atomic E-state index is 4.36. The van der Waals surface area contributed by atoms with E-state index in [1.165, 1.54) is 24.8 Å². The molecule has 2 aromatic heterocycles. The summed E-state index contributed by atoms with van der Waals surface area (Å²) in [4.78, 5) is 5.90. The van der Waals surface area contributed by atoms with Gasteiger partial charge >= 0.3 is 0 Å². The zero-order valence-electron chi connectivity index (χ0n) is 11.9. The molecule has 20 heavy (non-hydrogen) atoms. The number of thiophene rings is 1. The van der Waals surface area contributed by atoms with Gasteiger partial charge in [0, 0.05) is 29.4 Å². The van der Waals surface area contributed by atoms with Gasteiger partial charge in [-0.05, 0) is 48.8 Å². The summed E-state index contributed by atoms with van der Waals surface area (Å²) in [6.45, 7) is 3.13. The SMILES string of the molecule is CCCNc1cc(NC2CCCc3sccc32)ccn1. The molecule has 4 heteroatoms. The lowest BCUT2D eigenvalue weighted by Crippen LogP contribution is -2.15. The number of anilines is 2. The smallest absolute Gasteiger partial charge is 0.127 e. The van der Waals surface area contributed by atoms with Crippen molar-refractivity contribution in [1.82, 2.24) is 4.98 Å². The fourth-order valence-electron chi connectivity index (χ4n) is 2.71. The van der Waals surface area contributed by atoms with E-state index in [4.69, 9.17) is 0 Å². The molecule has 2 aromatic rings. The van der Waals surface area contributed by atoms with Gasteiger partial charge in [-0.15, -0.1) is 11.3 Å². The summed E-state index contributed by atoms with van der Waals surface area (Å²) < 4.78 is 0. The number of rotatable bonds is 5. The second-order valence-corrected chi connectivity index (χ2v) is 6.25. The molecule has 0 aromatic carbocycles. The monoisotopic (exact) mass is 287 g/mol. The van der Waals surface area contributed by atoms with Crippen molar-refractivity contribution in [1.29, 1.82) is 0 Å². The largest absolute Gasteiger partial charge is 0.378 e. The van der Waals surface area contributed by atoms with Gasteiger partial charge in [-0.2, -0.15) is 0 Å². The van der Waals surface area contributed by atoms with Gasteiger partial charge in [0.25, 0.3) is 0 Å². The van der Waals surface area contributed by atoms with E-state index in [0.29, 0.717) is 6.04 Å². The Hall–Kier alpha value is -1.55. The van der Waals surface area contributed by atoms with Gasteiger partial charge in [-0.1, -0.05) is 6.92 Å². The fraction of sp³-hybridized carbons (Fsp3) is 0.438. The summed E-state index contributed by atoms with van der Waals surface area (Å²) in [7, 11) is 0. The number of pyridine rings is 1. The van der Waals surface area contributed by atoms with Crippen LogP contribution in [0, 0.1) is 0 Å². The topological polar surface area (TPSA) is 37.0 Å². The molecule has 0 saturated heterocycles. The van der Waals surface area contributed by atoms with Gasteiger partial charge in [0.1, 0.15) is 5.82 Å². The summed E-state index contributed by atoms with van der Waals surface area (Å²) >= 11 is 1.89. The van der Waals surface area contributed by atoms with Crippen LogP contribution in [-0.4, -0.2) is 11.5 Å². The van der Waals surface area contributed by atoms with Crippen molar-refractivity contribution in [3.05, 3.63) is 40.2 Å². The molecule has 3 rings (SSSR count). The number of hydrogen-bond donors (Lipinski definition) is 2. The zero-order chi connectivity index (χ0) is 13.8. The molecular weight excluding hydrogens is 266 g/mol. The predicted molar refractivity (Wildman–Crippen MR) is 86.6 cm³/mol. The molecule has 0 fully saturated rings. The van der Waals surface area contributed by atoms with E-state index in [1.54, 1.807) is 4.88 Å². The van der Waals surface area contributed by atoms with Crippen LogP contribution in [0.1, 0.15) is 42.7 Å². The van der Waals surface area contributed by atoms with Crippen molar-refractivity contribution in [2.24, 2.45) is 0 Å². The van der Waals surface area contributed by atoms with E-state index in [9.17, 15) is 0 Å². The predicted octanol–water partition coefficient (Wildman–Crippen LogP) is 4.45. The summed E-state index contributed by atoms with van der Waals surface area (Å²) in [5, 5.41) is 9.22. The lowest BCUT2D eigenvalue weighted by Gasteiger charge is -2.24. The second-order valence-electron chi connectivity index (χ2n) is 5.24. The van der Waals surface area contributed by atoms with Crippen LogP contribution < -0.4 is 10.6 Å². The van der Waals surface area contributed by atoms with Crippen LogP contribution in [-0.2, 0) is 6.42 Å². The molecule has 106 valence electrons. The third kappa shape index (κ3) is 2.96. The van der Waals surface area contributed by atoms with Crippen molar-refractivity contribution in [2.45, 2.75) is 38.6 Å². The van der Waals surface area contributed by atoms with Crippen molar-refractivity contribution in [3.63, 3.8) is 0 Å². The quantitative estimate of drug-likeness (QED) is 0.853. The minimum Gasteiger partial charge on any atom is -0.378 e. The molecule has 0 aliphatic heterocycles. The minimum atomic E-state index is 0.450. The first kappa shape index (κ1) is 13.4. The third-order valence-corrected chi connectivity index (χ3v) is 4.71. The number of hydrogen-bond acceptors (Lipinski definition) is 4. The Morgan fingerprint density at radius 3 is 3.25 bits per heavy atom. The average molecular weight is 287 g/mol. The maximum Gasteiger partial charge on any atom is 0.127 e. The fourth-order valence-corrected chi connectivity index (χ4v) is 3.70. The van der Waals surface area contributed by atoms with Gasteiger partial charge in [0.15, 0.2) is 0 Å². The Kier molecular flexibility index (Phi) is 4.21. The lowest BCUT2D eigenvalue weighted by atomic mass is 9.94. The highest BCUT2D eigenvalue weighted by molar-refractivity contribution is 7.10. The van der Waals surface area contributed by atoms with Gasteiger partial charge in [0.2, 0.25) is 0 Å². The van der Waals surface area contributed by atoms with E-state index < -0.39 is 0 Å². The summed E-state index contributed by atoms with van der Waals surface area (Å²) in [5.41, 5.74) is 2.64. The third-order valence-electron chi connectivity index (χ3n) is 3.71. The molecule has 1 unspecified atom stereocenters. The number of fused-ring (bicyclic) bond motifs is 1. The number of nitrogens with one attached hydrogen (secondary N) is 2. The standard InChI is InChI=1S/C16H21N3S/c1-2-8-17-16-11-12(6-9-18-16)19-14-4-3-5-15-13(14)7-10-20-15/h6-7,9-11,14H,2-5,8H2,1H3,(H2,17,18,19). The van der Waals surface area contributed by atoms with Crippen LogP contribution in [0.4, 0.5) is 11.5 Å². The zero-order valence-corrected chi connectivity index (χ0v) is 12.7. The molecule has 0 saturated carbocycles. The summed E-state index contributed by atoms with van der Waals surface area (Å²) in [6.07, 6.45) is 6.71. The molecule has 2 heterocycles. The molecule has 2 N–H and O–H groups in total. The van der Waals surface area contributed by atoms with E-state index in [1.807, 2.05) is 17.5 Å². The van der Waals surface area contributed by atoms with E-state index >= 15 is 0 Å². The first-order valence-electron chi connectivity index (χ1n) is 7.39. The van der Waals surface area contributed by atoms with Crippen LogP contribution in [0.2, 0.25) is 0 Å².